The minimum atomic E-state index is -3.00. The van der Waals surface area contributed by atoms with Crippen LogP contribution in [0.1, 0.15) is 46.5 Å². The summed E-state index contributed by atoms with van der Waals surface area (Å²) in [7, 11) is -3.00. The lowest BCUT2D eigenvalue weighted by atomic mass is 9.91. The molecule has 2 fully saturated rings. The molecule has 1 heterocycles. The Morgan fingerprint density at radius 1 is 1.16 bits per heavy atom. The Hall–Kier alpha value is -0.130. The highest BCUT2D eigenvalue weighted by atomic mass is 32.2. The number of nitrogens with zero attached hydrogens (tertiary/aromatic N) is 1. The summed E-state index contributed by atoms with van der Waals surface area (Å²) in [6, 6.07) is 1.09. The normalized spacial score (nSPS) is 33.7. The van der Waals surface area contributed by atoms with Crippen LogP contribution in [-0.4, -0.2) is 44.2 Å². The first-order valence-corrected chi connectivity index (χ1v) is 9.23. The summed E-state index contributed by atoms with van der Waals surface area (Å²) in [6.07, 6.45) is 5.71. The minimum absolute atomic E-state index is 0.449. The molecule has 1 aliphatic carbocycles. The van der Waals surface area contributed by atoms with Crippen LogP contribution in [-0.2, 0) is 10.0 Å². The fourth-order valence-corrected chi connectivity index (χ4v) is 4.65. The maximum Gasteiger partial charge on any atom is 0.211 e. The average molecular weight is 288 g/mol. The van der Waals surface area contributed by atoms with Crippen molar-refractivity contribution in [3.8, 4) is 0 Å². The average Bonchev–Trinajstić information content (AvgIpc) is 2.51. The van der Waals surface area contributed by atoms with Gasteiger partial charge in [0.05, 0.1) is 6.26 Å². The highest BCUT2D eigenvalue weighted by molar-refractivity contribution is 7.88. The molecule has 0 bridgehead atoms. The van der Waals surface area contributed by atoms with E-state index in [9.17, 15) is 8.42 Å². The standard InChI is InChI=1S/C14H28N2O2S/c1-11-9-14(2,3)10-13(11)15-12-5-7-16(8-6-12)19(4,17)18/h11-13,15H,5-10H2,1-4H3. The molecular formula is C14H28N2O2S. The van der Waals surface area contributed by atoms with Gasteiger partial charge in [0.2, 0.25) is 10.0 Å². The van der Waals surface area contributed by atoms with Crippen LogP contribution >= 0.6 is 0 Å². The third-order valence-electron chi connectivity index (χ3n) is 4.71. The van der Waals surface area contributed by atoms with Gasteiger partial charge in [-0.25, -0.2) is 12.7 Å². The van der Waals surface area contributed by atoms with E-state index >= 15 is 0 Å². The first-order chi connectivity index (χ1) is 8.67. The van der Waals surface area contributed by atoms with Gasteiger partial charge in [0.15, 0.2) is 0 Å². The van der Waals surface area contributed by atoms with Gasteiger partial charge in [-0.15, -0.1) is 0 Å². The van der Waals surface area contributed by atoms with Crippen molar-refractivity contribution in [2.24, 2.45) is 11.3 Å². The maximum absolute atomic E-state index is 11.5. The van der Waals surface area contributed by atoms with Crippen molar-refractivity contribution < 1.29 is 8.42 Å². The molecule has 0 radical (unpaired) electrons. The lowest BCUT2D eigenvalue weighted by Crippen LogP contribution is -2.48. The largest absolute Gasteiger partial charge is 0.311 e. The molecule has 2 atom stereocenters. The first-order valence-electron chi connectivity index (χ1n) is 7.38. The number of sulfonamides is 1. The summed E-state index contributed by atoms with van der Waals surface area (Å²) in [5.41, 5.74) is 0.449. The van der Waals surface area contributed by atoms with Gasteiger partial charge in [-0.05, 0) is 37.0 Å². The Kier molecular flexibility index (Phi) is 4.29. The third kappa shape index (κ3) is 3.92. The molecule has 0 aromatic carbocycles. The molecule has 1 saturated carbocycles. The summed E-state index contributed by atoms with van der Waals surface area (Å²) in [5.74, 6) is 0.725. The molecular weight excluding hydrogens is 260 g/mol. The van der Waals surface area contributed by atoms with Crippen LogP contribution in [0.25, 0.3) is 0 Å². The van der Waals surface area contributed by atoms with E-state index in [0.717, 1.165) is 18.8 Å². The number of hydrogen-bond acceptors (Lipinski definition) is 3. The zero-order valence-electron chi connectivity index (χ0n) is 12.6. The van der Waals surface area contributed by atoms with Gasteiger partial charge >= 0.3 is 0 Å². The molecule has 4 nitrogen and oxygen atoms in total. The monoisotopic (exact) mass is 288 g/mol. The lowest BCUT2D eigenvalue weighted by molar-refractivity contribution is 0.258. The molecule has 19 heavy (non-hydrogen) atoms. The molecule has 1 aliphatic heterocycles. The Balaban J connectivity index is 1.83. The molecule has 5 heteroatoms. The van der Waals surface area contributed by atoms with E-state index in [2.05, 4.69) is 26.1 Å². The molecule has 0 aromatic rings. The molecule has 0 amide bonds. The van der Waals surface area contributed by atoms with Crippen molar-refractivity contribution in [3.63, 3.8) is 0 Å². The van der Waals surface area contributed by atoms with E-state index in [1.54, 1.807) is 4.31 Å². The Labute approximate surface area is 118 Å². The van der Waals surface area contributed by atoms with E-state index in [4.69, 9.17) is 0 Å². The highest BCUT2D eigenvalue weighted by Crippen LogP contribution is 2.41. The third-order valence-corrected chi connectivity index (χ3v) is 6.01. The molecule has 2 rings (SSSR count). The second-order valence-electron chi connectivity index (χ2n) is 7.26. The Morgan fingerprint density at radius 3 is 2.16 bits per heavy atom. The van der Waals surface area contributed by atoms with Gasteiger partial charge < -0.3 is 5.32 Å². The molecule has 2 unspecified atom stereocenters. The topological polar surface area (TPSA) is 49.4 Å². The fourth-order valence-electron chi connectivity index (χ4n) is 3.77. The van der Waals surface area contributed by atoms with Gasteiger partial charge in [0, 0.05) is 25.2 Å². The summed E-state index contributed by atoms with van der Waals surface area (Å²) in [6.45, 7) is 8.36. The van der Waals surface area contributed by atoms with Crippen LogP contribution in [0, 0.1) is 11.3 Å². The summed E-state index contributed by atoms with van der Waals surface area (Å²) in [5, 5.41) is 3.77. The summed E-state index contributed by atoms with van der Waals surface area (Å²) < 4.78 is 24.6. The van der Waals surface area contributed by atoms with Crippen LogP contribution in [0.3, 0.4) is 0 Å². The van der Waals surface area contributed by atoms with E-state index in [1.165, 1.54) is 19.1 Å². The van der Waals surface area contributed by atoms with E-state index < -0.39 is 10.0 Å². The predicted molar refractivity (Wildman–Crippen MR) is 78.5 cm³/mol. The van der Waals surface area contributed by atoms with Crippen molar-refractivity contribution >= 4 is 10.0 Å². The van der Waals surface area contributed by atoms with Gasteiger partial charge in [0.1, 0.15) is 0 Å². The molecule has 0 aromatic heterocycles. The molecule has 1 N–H and O–H groups in total. The molecule has 0 spiro atoms. The summed E-state index contributed by atoms with van der Waals surface area (Å²) >= 11 is 0. The van der Waals surface area contributed by atoms with Crippen LogP contribution in [0.2, 0.25) is 0 Å². The maximum atomic E-state index is 11.5. The van der Waals surface area contributed by atoms with Crippen molar-refractivity contribution in [1.29, 1.82) is 0 Å². The number of rotatable bonds is 3. The quantitative estimate of drug-likeness (QED) is 0.862. The van der Waals surface area contributed by atoms with E-state index in [-0.39, 0.29) is 0 Å². The lowest BCUT2D eigenvalue weighted by Gasteiger charge is -2.33. The number of hydrogen-bond donors (Lipinski definition) is 1. The number of nitrogens with one attached hydrogen (secondary N) is 1. The van der Waals surface area contributed by atoms with Crippen LogP contribution in [0.15, 0.2) is 0 Å². The molecule has 112 valence electrons. The van der Waals surface area contributed by atoms with Crippen molar-refractivity contribution in [2.45, 2.75) is 58.5 Å². The zero-order valence-corrected chi connectivity index (χ0v) is 13.5. The SMILES string of the molecule is CC1CC(C)(C)CC1NC1CCN(S(C)(=O)=O)CC1. The summed E-state index contributed by atoms with van der Waals surface area (Å²) in [4.78, 5) is 0. The van der Waals surface area contributed by atoms with Crippen molar-refractivity contribution in [3.05, 3.63) is 0 Å². The predicted octanol–water partition coefficient (Wildman–Crippen LogP) is 1.82. The zero-order chi connectivity index (χ0) is 14.3. The van der Waals surface area contributed by atoms with Crippen molar-refractivity contribution in [1.82, 2.24) is 9.62 Å². The molecule has 2 aliphatic rings. The van der Waals surface area contributed by atoms with Crippen LogP contribution < -0.4 is 5.32 Å². The highest BCUT2D eigenvalue weighted by Gasteiger charge is 2.38. The van der Waals surface area contributed by atoms with Gasteiger partial charge in [-0.3, -0.25) is 0 Å². The minimum Gasteiger partial charge on any atom is -0.311 e. The van der Waals surface area contributed by atoms with Crippen molar-refractivity contribution in [2.75, 3.05) is 19.3 Å². The number of piperidine rings is 1. The second kappa shape index (κ2) is 5.34. The first kappa shape index (κ1) is 15.3. The van der Waals surface area contributed by atoms with Gasteiger partial charge in [0.25, 0.3) is 0 Å². The Morgan fingerprint density at radius 2 is 1.74 bits per heavy atom. The molecule has 1 saturated heterocycles. The van der Waals surface area contributed by atoms with Crippen LogP contribution in [0.4, 0.5) is 0 Å². The Bertz CT molecular complexity index is 411. The second-order valence-corrected chi connectivity index (χ2v) is 9.24. The van der Waals surface area contributed by atoms with Crippen LogP contribution in [0.5, 0.6) is 0 Å². The van der Waals surface area contributed by atoms with Gasteiger partial charge in [-0.2, -0.15) is 0 Å². The van der Waals surface area contributed by atoms with E-state index in [0.29, 0.717) is 30.6 Å². The van der Waals surface area contributed by atoms with Gasteiger partial charge in [-0.1, -0.05) is 20.8 Å². The van der Waals surface area contributed by atoms with E-state index in [1.807, 2.05) is 0 Å². The fraction of sp³-hybridized carbons (Fsp3) is 1.00. The smallest absolute Gasteiger partial charge is 0.211 e.